The summed E-state index contributed by atoms with van der Waals surface area (Å²) in [6.45, 7) is -0.111. The Bertz CT molecular complexity index is 1640. The second-order valence-corrected chi connectivity index (χ2v) is 7.98. The molecular weight excluding hydrogens is 562 g/mol. The molecule has 0 aliphatic heterocycles. The number of halogens is 7. The summed E-state index contributed by atoms with van der Waals surface area (Å²) in [7, 11) is 0. The number of nitrogens with one attached hydrogen (secondary N) is 2. The number of pyridine rings is 2. The minimum atomic E-state index is -5.19. The molecular formula is C22H13ClF6N6O4. The highest BCUT2D eigenvalue weighted by molar-refractivity contribution is 6.30. The monoisotopic (exact) mass is 574 g/mol. The number of nitrogen functional groups attached to an aromatic ring is 1. The molecule has 0 aliphatic rings. The molecule has 4 N–H and O–H groups in total. The SMILES string of the molecule is N#Cc1cc(Cl)cc(Oc2c(C(F)(F)F)ccn(Cc3[nH]nc4[nH+]c(N)ccc34)c2=O)c1.O=C([O-])C(F)(F)F. The summed E-state index contributed by atoms with van der Waals surface area (Å²) in [5.74, 6) is -3.75. The van der Waals surface area contributed by atoms with E-state index in [4.69, 9.17) is 37.2 Å². The van der Waals surface area contributed by atoms with Crippen molar-refractivity contribution < 1.29 is 46.0 Å². The van der Waals surface area contributed by atoms with Gasteiger partial charge in [-0.05, 0) is 35.4 Å². The number of ether oxygens (including phenoxy) is 1. The summed E-state index contributed by atoms with van der Waals surface area (Å²) < 4.78 is 78.6. The van der Waals surface area contributed by atoms with Gasteiger partial charge in [0.25, 0.3) is 11.2 Å². The van der Waals surface area contributed by atoms with Crippen LogP contribution in [0.4, 0.5) is 32.2 Å². The first kappa shape index (κ1) is 28.8. The molecule has 0 radical (unpaired) electrons. The van der Waals surface area contributed by atoms with E-state index in [1.165, 1.54) is 18.2 Å². The number of carbonyl (C=O) groups excluding carboxylic acids is 1. The van der Waals surface area contributed by atoms with Crippen molar-refractivity contribution in [1.29, 1.82) is 5.26 Å². The quantitative estimate of drug-likeness (QED) is 0.354. The van der Waals surface area contributed by atoms with E-state index < -0.39 is 35.2 Å². The van der Waals surface area contributed by atoms with Crippen molar-refractivity contribution in [3.63, 3.8) is 0 Å². The number of nitriles is 1. The van der Waals surface area contributed by atoms with Gasteiger partial charge in [0, 0.05) is 17.3 Å². The van der Waals surface area contributed by atoms with Crippen LogP contribution >= 0.6 is 11.6 Å². The smallest absolute Gasteiger partial charge is 0.430 e. The number of carbonyl (C=O) groups is 1. The van der Waals surface area contributed by atoms with E-state index in [0.29, 0.717) is 22.5 Å². The second-order valence-electron chi connectivity index (χ2n) is 7.54. The minimum absolute atomic E-state index is 0.0665. The molecule has 0 saturated heterocycles. The van der Waals surface area contributed by atoms with Gasteiger partial charge in [-0.2, -0.15) is 31.6 Å². The van der Waals surface area contributed by atoms with Crippen molar-refractivity contribution in [3.05, 3.63) is 74.8 Å². The van der Waals surface area contributed by atoms with Crippen LogP contribution in [0.1, 0.15) is 16.8 Å². The van der Waals surface area contributed by atoms with Gasteiger partial charge >= 0.3 is 12.4 Å². The van der Waals surface area contributed by atoms with Gasteiger partial charge in [0.1, 0.15) is 17.3 Å². The lowest BCUT2D eigenvalue weighted by molar-refractivity contribution is -0.344. The Kier molecular flexibility index (Phi) is 8.05. The Balaban J connectivity index is 0.000000532. The first-order chi connectivity index (χ1) is 18.1. The molecule has 39 heavy (non-hydrogen) atoms. The summed E-state index contributed by atoms with van der Waals surface area (Å²) in [4.78, 5) is 24.6. The average molecular weight is 575 g/mol. The van der Waals surface area contributed by atoms with Crippen LogP contribution in [0.5, 0.6) is 11.5 Å². The molecule has 3 heterocycles. The molecule has 0 fully saturated rings. The number of nitrogens with two attached hydrogens (primary N) is 1. The maximum absolute atomic E-state index is 13.6. The van der Waals surface area contributed by atoms with Crippen LogP contribution in [0.2, 0.25) is 5.02 Å². The number of nitrogens with zero attached hydrogens (tertiary/aromatic N) is 3. The van der Waals surface area contributed by atoms with E-state index in [-0.39, 0.29) is 22.9 Å². The number of benzene rings is 1. The summed E-state index contributed by atoms with van der Waals surface area (Å²) in [6, 6.07) is 9.54. The lowest BCUT2D eigenvalue weighted by Crippen LogP contribution is -2.37. The van der Waals surface area contributed by atoms with Gasteiger partial charge in [-0.3, -0.25) is 4.79 Å². The van der Waals surface area contributed by atoms with Crippen molar-refractivity contribution >= 4 is 34.4 Å². The highest BCUT2D eigenvalue weighted by Gasteiger charge is 2.36. The Morgan fingerprint density at radius 1 is 1.21 bits per heavy atom. The van der Waals surface area contributed by atoms with Crippen LogP contribution < -0.4 is 26.1 Å². The lowest BCUT2D eigenvalue weighted by atomic mass is 10.2. The number of carboxylic acid groups (broad SMARTS) is 1. The van der Waals surface area contributed by atoms with Crippen LogP contribution in [0.3, 0.4) is 0 Å². The first-order valence-electron chi connectivity index (χ1n) is 10.2. The number of alkyl halides is 6. The van der Waals surface area contributed by atoms with E-state index in [1.807, 2.05) is 6.07 Å². The van der Waals surface area contributed by atoms with Gasteiger partial charge in [0.05, 0.1) is 29.3 Å². The number of anilines is 1. The van der Waals surface area contributed by atoms with Crippen molar-refractivity contribution in [3.8, 4) is 17.6 Å². The predicted octanol–water partition coefficient (Wildman–Crippen LogP) is 2.80. The minimum Gasteiger partial charge on any atom is -0.542 e. The maximum Gasteiger partial charge on any atom is 0.430 e. The fraction of sp³-hybridized carbons (Fsp3) is 0.136. The van der Waals surface area contributed by atoms with Crippen LogP contribution in [-0.2, 0) is 17.5 Å². The van der Waals surface area contributed by atoms with Gasteiger partial charge in [0.15, 0.2) is 0 Å². The fourth-order valence-corrected chi connectivity index (χ4v) is 3.33. The Morgan fingerprint density at radius 2 is 1.87 bits per heavy atom. The number of aromatic amines is 2. The third kappa shape index (κ3) is 6.96. The zero-order chi connectivity index (χ0) is 29.1. The Labute approximate surface area is 217 Å². The molecule has 10 nitrogen and oxygen atoms in total. The van der Waals surface area contributed by atoms with Crippen LogP contribution in [-0.4, -0.2) is 26.9 Å². The molecule has 17 heteroatoms. The van der Waals surface area contributed by atoms with E-state index in [2.05, 4.69) is 15.2 Å². The van der Waals surface area contributed by atoms with E-state index in [1.54, 1.807) is 12.1 Å². The second kappa shape index (κ2) is 10.9. The number of fused-ring (bicyclic) bond motifs is 1. The van der Waals surface area contributed by atoms with E-state index in [0.717, 1.165) is 16.8 Å². The molecule has 0 unspecified atom stereocenters. The fourth-order valence-electron chi connectivity index (χ4n) is 3.11. The summed E-state index contributed by atoms with van der Waals surface area (Å²) in [6.07, 6.45) is -9.03. The molecule has 0 bridgehead atoms. The zero-order valence-electron chi connectivity index (χ0n) is 18.9. The summed E-state index contributed by atoms with van der Waals surface area (Å²) in [5, 5.41) is 25.3. The summed E-state index contributed by atoms with van der Waals surface area (Å²) in [5.41, 5.74) is 4.36. The normalized spacial score (nSPS) is 11.4. The van der Waals surface area contributed by atoms with Gasteiger partial charge < -0.3 is 24.9 Å². The van der Waals surface area contributed by atoms with Gasteiger partial charge in [0.2, 0.25) is 11.6 Å². The third-order valence-corrected chi connectivity index (χ3v) is 5.00. The highest BCUT2D eigenvalue weighted by atomic mass is 35.5. The molecule has 0 spiro atoms. The summed E-state index contributed by atoms with van der Waals surface area (Å²) >= 11 is 5.90. The maximum atomic E-state index is 13.6. The largest absolute Gasteiger partial charge is 0.542 e. The van der Waals surface area contributed by atoms with Crippen LogP contribution in [0.25, 0.3) is 11.0 Å². The highest BCUT2D eigenvalue weighted by Crippen LogP contribution is 2.36. The standard InChI is InChI=1S/C20H12ClF3N6O2.C2HF3O2/c21-11-5-10(8-25)6-12(7-11)32-17-14(20(22,23)24)3-4-30(19(17)31)9-15-13-1-2-16(26)27-18(13)29-28-15;3-2(4,5)1(6)7/h1-7H,9H2,(H3,26,27,28,29);(H,6,7). The average Bonchev–Trinajstić information content (AvgIpc) is 3.21. The number of rotatable bonds is 4. The van der Waals surface area contributed by atoms with E-state index in [9.17, 15) is 31.1 Å². The van der Waals surface area contributed by atoms with Crippen LogP contribution in [0.15, 0.2) is 47.4 Å². The lowest BCUT2D eigenvalue weighted by Gasteiger charge is -2.15. The van der Waals surface area contributed by atoms with Crippen molar-refractivity contribution in [2.24, 2.45) is 0 Å². The molecule has 0 amide bonds. The molecule has 0 saturated carbocycles. The molecule has 4 rings (SSSR count). The number of H-pyrrole nitrogens is 2. The first-order valence-corrected chi connectivity index (χ1v) is 10.6. The molecule has 4 aromatic rings. The number of carboxylic acids is 1. The topological polar surface area (TPSA) is 164 Å². The van der Waals surface area contributed by atoms with Crippen molar-refractivity contribution in [2.75, 3.05) is 5.73 Å². The number of hydrogen-bond donors (Lipinski definition) is 2. The predicted molar refractivity (Wildman–Crippen MR) is 119 cm³/mol. The molecule has 3 aromatic heterocycles. The molecule has 0 aliphatic carbocycles. The number of aliphatic carboxylic acids is 1. The Hall–Kier alpha value is -4.78. The Morgan fingerprint density at radius 3 is 2.46 bits per heavy atom. The number of aromatic nitrogens is 4. The zero-order valence-corrected chi connectivity index (χ0v) is 19.7. The van der Waals surface area contributed by atoms with Gasteiger partial charge in [-0.25, -0.2) is 10.1 Å². The van der Waals surface area contributed by atoms with Crippen molar-refractivity contribution in [1.82, 2.24) is 14.8 Å². The third-order valence-electron chi connectivity index (χ3n) is 4.78. The molecule has 204 valence electrons. The van der Waals surface area contributed by atoms with E-state index >= 15 is 0 Å². The molecule has 0 atom stereocenters. The molecule has 1 aromatic carbocycles. The van der Waals surface area contributed by atoms with Gasteiger partial charge in [-0.15, -0.1) is 0 Å². The number of hydrogen-bond acceptors (Lipinski definition) is 7. The van der Waals surface area contributed by atoms with Crippen LogP contribution in [0, 0.1) is 11.3 Å². The van der Waals surface area contributed by atoms with Crippen molar-refractivity contribution in [2.45, 2.75) is 18.9 Å². The van der Waals surface area contributed by atoms with Gasteiger partial charge in [-0.1, -0.05) is 11.6 Å².